The van der Waals surface area contributed by atoms with E-state index < -0.39 is 5.54 Å². The van der Waals surface area contributed by atoms with Gasteiger partial charge in [-0.3, -0.25) is 0 Å². The highest BCUT2D eigenvalue weighted by atomic mass is 16.4. The number of amides is 2. The summed E-state index contributed by atoms with van der Waals surface area (Å²) >= 11 is 0. The zero-order chi connectivity index (χ0) is 14.6. The molecule has 2 amide bonds. The largest absolute Gasteiger partial charge is 0.409 e. The molecule has 0 radical (unpaired) electrons. The smallest absolute Gasteiger partial charge is 0.318 e. The van der Waals surface area contributed by atoms with Gasteiger partial charge in [0, 0.05) is 13.1 Å². The zero-order valence-electron chi connectivity index (χ0n) is 12.3. The van der Waals surface area contributed by atoms with Gasteiger partial charge in [-0.25, -0.2) is 4.79 Å². The van der Waals surface area contributed by atoms with Crippen LogP contribution < -0.4 is 11.1 Å². The van der Waals surface area contributed by atoms with Gasteiger partial charge in [-0.05, 0) is 31.6 Å². The number of rotatable bonds is 2. The number of nitrogens with one attached hydrogen (secondary N) is 1. The molecule has 1 heterocycles. The number of nitrogens with two attached hydrogens (primary N) is 1. The SMILES string of the molecule is CC1CCCN(C(=O)NC2(C(N)=NO)CCCCC2)C1. The van der Waals surface area contributed by atoms with Crippen LogP contribution in [0.3, 0.4) is 0 Å². The monoisotopic (exact) mass is 282 g/mol. The Hall–Kier alpha value is -1.46. The molecule has 0 aromatic carbocycles. The molecule has 0 aromatic heterocycles. The van der Waals surface area contributed by atoms with Crippen molar-refractivity contribution >= 4 is 11.9 Å². The lowest BCUT2D eigenvalue weighted by Crippen LogP contribution is -2.61. The molecule has 1 aliphatic carbocycles. The van der Waals surface area contributed by atoms with E-state index in [9.17, 15) is 4.79 Å². The Morgan fingerprint density at radius 2 is 2.05 bits per heavy atom. The van der Waals surface area contributed by atoms with Crippen LogP contribution in [0.4, 0.5) is 4.79 Å². The van der Waals surface area contributed by atoms with Gasteiger partial charge in [0.15, 0.2) is 5.84 Å². The van der Waals surface area contributed by atoms with Crippen molar-refractivity contribution in [2.75, 3.05) is 13.1 Å². The summed E-state index contributed by atoms with van der Waals surface area (Å²) in [6, 6.07) is -0.0787. The maximum absolute atomic E-state index is 12.5. The van der Waals surface area contributed by atoms with Gasteiger partial charge in [-0.1, -0.05) is 31.3 Å². The number of piperidine rings is 1. The number of hydrogen-bond donors (Lipinski definition) is 3. The topological polar surface area (TPSA) is 91.0 Å². The summed E-state index contributed by atoms with van der Waals surface area (Å²) in [5.41, 5.74) is 5.19. The maximum Gasteiger partial charge on any atom is 0.318 e. The first-order valence-electron chi connectivity index (χ1n) is 7.62. The third-order valence-corrected chi connectivity index (χ3v) is 4.60. The highest BCUT2D eigenvalue weighted by Crippen LogP contribution is 2.29. The first-order chi connectivity index (χ1) is 9.57. The molecule has 1 unspecified atom stereocenters. The van der Waals surface area contributed by atoms with Crippen molar-refractivity contribution in [2.24, 2.45) is 16.8 Å². The van der Waals surface area contributed by atoms with Gasteiger partial charge in [-0.15, -0.1) is 0 Å². The Morgan fingerprint density at radius 1 is 1.35 bits per heavy atom. The van der Waals surface area contributed by atoms with Crippen LogP contribution in [0, 0.1) is 5.92 Å². The third kappa shape index (κ3) is 3.16. The van der Waals surface area contributed by atoms with E-state index in [0.717, 1.165) is 51.6 Å². The Kier molecular flexibility index (Phi) is 4.73. The number of carbonyl (C=O) groups is 1. The number of amidine groups is 1. The molecular formula is C14H26N4O2. The summed E-state index contributed by atoms with van der Waals surface area (Å²) in [6.45, 7) is 3.75. The summed E-state index contributed by atoms with van der Waals surface area (Å²) in [5, 5.41) is 15.2. The summed E-state index contributed by atoms with van der Waals surface area (Å²) in [6.07, 6.45) is 6.84. The predicted molar refractivity (Wildman–Crippen MR) is 77.7 cm³/mol. The fourth-order valence-electron chi connectivity index (χ4n) is 3.35. The number of hydrogen-bond acceptors (Lipinski definition) is 3. The first kappa shape index (κ1) is 14.9. The number of oxime groups is 1. The Bertz CT molecular complexity index is 377. The number of nitrogens with zero attached hydrogens (tertiary/aromatic N) is 2. The minimum atomic E-state index is -0.662. The molecule has 0 aromatic rings. The van der Waals surface area contributed by atoms with E-state index >= 15 is 0 Å². The van der Waals surface area contributed by atoms with E-state index in [-0.39, 0.29) is 11.9 Å². The van der Waals surface area contributed by atoms with Crippen LogP contribution in [0.1, 0.15) is 51.9 Å². The third-order valence-electron chi connectivity index (χ3n) is 4.60. The van der Waals surface area contributed by atoms with E-state index in [4.69, 9.17) is 10.9 Å². The second-order valence-electron chi connectivity index (χ2n) is 6.25. The number of carbonyl (C=O) groups excluding carboxylic acids is 1. The highest BCUT2D eigenvalue weighted by molar-refractivity contribution is 5.93. The lowest BCUT2D eigenvalue weighted by atomic mass is 9.80. The molecule has 1 atom stereocenters. The van der Waals surface area contributed by atoms with E-state index in [0.29, 0.717) is 5.92 Å². The second kappa shape index (κ2) is 6.33. The van der Waals surface area contributed by atoms with Gasteiger partial charge in [-0.2, -0.15) is 0 Å². The van der Waals surface area contributed by atoms with Gasteiger partial charge in [0.2, 0.25) is 0 Å². The molecule has 114 valence electrons. The van der Waals surface area contributed by atoms with Crippen molar-refractivity contribution in [3.05, 3.63) is 0 Å². The van der Waals surface area contributed by atoms with Gasteiger partial charge in [0.05, 0.1) is 0 Å². The molecule has 0 spiro atoms. The number of urea groups is 1. The normalized spacial score (nSPS) is 27.1. The molecule has 4 N–H and O–H groups in total. The molecule has 20 heavy (non-hydrogen) atoms. The van der Waals surface area contributed by atoms with Crippen molar-refractivity contribution in [2.45, 2.75) is 57.4 Å². The van der Waals surface area contributed by atoms with E-state index in [1.165, 1.54) is 6.42 Å². The zero-order valence-corrected chi connectivity index (χ0v) is 12.3. The number of likely N-dealkylation sites (tertiary alicyclic amines) is 1. The molecule has 1 aliphatic heterocycles. The van der Waals surface area contributed by atoms with Crippen LogP contribution in [-0.2, 0) is 0 Å². The molecule has 1 saturated carbocycles. The van der Waals surface area contributed by atoms with Crippen LogP contribution in [0.25, 0.3) is 0 Å². The molecule has 1 saturated heterocycles. The van der Waals surface area contributed by atoms with Crippen LogP contribution in [-0.4, -0.2) is 40.6 Å². The van der Waals surface area contributed by atoms with Crippen LogP contribution >= 0.6 is 0 Å². The molecule has 6 heteroatoms. The lowest BCUT2D eigenvalue weighted by molar-refractivity contribution is 0.157. The van der Waals surface area contributed by atoms with Crippen molar-refractivity contribution in [1.29, 1.82) is 0 Å². The Morgan fingerprint density at radius 3 is 2.65 bits per heavy atom. The minimum absolute atomic E-state index is 0.0787. The molecule has 2 rings (SSSR count). The maximum atomic E-state index is 12.5. The summed E-state index contributed by atoms with van der Waals surface area (Å²) in [5.74, 6) is 0.677. The minimum Gasteiger partial charge on any atom is -0.409 e. The van der Waals surface area contributed by atoms with Crippen molar-refractivity contribution in [3.8, 4) is 0 Å². The quantitative estimate of drug-likeness (QED) is 0.312. The van der Waals surface area contributed by atoms with Gasteiger partial charge in [0.25, 0.3) is 0 Å². The standard InChI is InChI=1S/C14H26N4O2/c1-11-6-5-9-18(10-11)13(19)16-14(12(15)17-20)7-3-2-4-8-14/h11,20H,2-10H2,1H3,(H2,15,17)(H,16,19). The van der Waals surface area contributed by atoms with E-state index in [1.54, 1.807) is 0 Å². The van der Waals surface area contributed by atoms with Crippen molar-refractivity contribution in [1.82, 2.24) is 10.2 Å². The van der Waals surface area contributed by atoms with E-state index in [1.807, 2.05) is 4.90 Å². The average Bonchev–Trinajstić information content (AvgIpc) is 2.47. The molecule has 0 bridgehead atoms. The first-order valence-corrected chi connectivity index (χ1v) is 7.62. The molecule has 2 aliphatic rings. The summed E-state index contributed by atoms with van der Waals surface area (Å²) in [7, 11) is 0. The molecule has 2 fully saturated rings. The Balaban J connectivity index is 2.05. The van der Waals surface area contributed by atoms with Crippen molar-refractivity contribution in [3.63, 3.8) is 0 Å². The average molecular weight is 282 g/mol. The molecular weight excluding hydrogens is 256 g/mol. The van der Waals surface area contributed by atoms with Crippen LogP contribution in [0.2, 0.25) is 0 Å². The van der Waals surface area contributed by atoms with Gasteiger partial charge < -0.3 is 21.2 Å². The predicted octanol–water partition coefficient (Wildman–Crippen LogP) is 1.88. The fraction of sp³-hybridized carbons (Fsp3) is 0.857. The van der Waals surface area contributed by atoms with Gasteiger partial charge >= 0.3 is 6.03 Å². The molecule has 6 nitrogen and oxygen atoms in total. The Labute approximate surface area is 120 Å². The van der Waals surface area contributed by atoms with Gasteiger partial charge in [0.1, 0.15) is 5.54 Å². The van der Waals surface area contributed by atoms with Crippen LogP contribution in [0.5, 0.6) is 0 Å². The van der Waals surface area contributed by atoms with Crippen molar-refractivity contribution < 1.29 is 10.0 Å². The highest BCUT2D eigenvalue weighted by Gasteiger charge is 2.39. The lowest BCUT2D eigenvalue weighted by Gasteiger charge is -2.40. The summed E-state index contributed by atoms with van der Waals surface area (Å²) < 4.78 is 0. The fourth-order valence-corrected chi connectivity index (χ4v) is 3.35. The second-order valence-corrected chi connectivity index (χ2v) is 6.25. The van der Waals surface area contributed by atoms with E-state index in [2.05, 4.69) is 17.4 Å². The summed E-state index contributed by atoms with van der Waals surface area (Å²) in [4.78, 5) is 14.3. The van der Waals surface area contributed by atoms with Crippen LogP contribution in [0.15, 0.2) is 5.16 Å².